The van der Waals surface area contributed by atoms with E-state index in [-0.39, 0.29) is 5.56 Å². The Kier molecular flexibility index (Phi) is 1.80. The van der Waals surface area contributed by atoms with Crippen LogP contribution in [0.1, 0.15) is 0 Å². The maximum Gasteiger partial charge on any atom is 0.251 e. The number of rotatable bonds is 0. The van der Waals surface area contributed by atoms with Crippen molar-refractivity contribution < 1.29 is 0 Å². The fourth-order valence-corrected chi connectivity index (χ4v) is 1.02. The van der Waals surface area contributed by atoms with Gasteiger partial charge < -0.3 is 5.73 Å². The van der Waals surface area contributed by atoms with Crippen LogP contribution in [-0.4, -0.2) is 4.57 Å². The second kappa shape index (κ2) is 2.46. The third-order valence-electron chi connectivity index (χ3n) is 1.31. The van der Waals surface area contributed by atoms with Crippen molar-refractivity contribution in [3.05, 3.63) is 27.0 Å². The molecule has 4 heteroatoms. The molecule has 0 aliphatic heterocycles. The molecule has 3 nitrogen and oxygen atoms in total. The SMILES string of the molecule is Cn1c(N)c(Br)ccc1=O. The van der Waals surface area contributed by atoms with Gasteiger partial charge >= 0.3 is 0 Å². The van der Waals surface area contributed by atoms with Crippen LogP contribution in [0.15, 0.2) is 21.4 Å². The Balaban J connectivity index is 3.49. The first-order valence-electron chi connectivity index (χ1n) is 2.74. The largest absolute Gasteiger partial charge is 0.384 e. The average molecular weight is 203 g/mol. The van der Waals surface area contributed by atoms with Gasteiger partial charge in [-0.05, 0) is 22.0 Å². The minimum Gasteiger partial charge on any atom is -0.384 e. The zero-order valence-electron chi connectivity index (χ0n) is 5.47. The number of aromatic nitrogens is 1. The van der Waals surface area contributed by atoms with Gasteiger partial charge in [-0.2, -0.15) is 0 Å². The van der Waals surface area contributed by atoms with Crippen molar-refractivity contribution in [2.45, 2.75) is 0 Å². The van der Waals surface area contributed by atoms with Gasteiger partial charge in [-0.1, -0.05) is 0 Å². The number of hydrogen-bond donors (Lipinski definition) is 1. The van der Waals surface area contributed by atoms with Crippen LogP contribution >= 0.6 is 15.9 Å². The molecule has 0 aromatic carbocycles. The lowest BCUT2D eigenvalue weighted by molar-refractivity contribution is 0.871. The molecule has 1 aromatic heterocycles. The van der Waals surface area contributed by atoms with Gasteiger partial charge in [0.2, 0.25) is 0 Å². The molecular weight excluding hydrogens is 196 g/mol. The highest BCUT2D eigenvalue weighted by molar-refractivity contribution is 9.10. The van der Waals surface area contributed by atoms with Crippen LogP contribution in [0.5, 0.6) is 0 Å². The Morgan fingerprint density at radius 2 is 2.20 bits per heavy atom. The lowest BCUT2D eigenvalue weighted by Crippen LogP contribution is -2.18. The molecule has 0 radical (unpaired) electrons. The molecule has 0 aliphatic carbocycles. The summed E-state index contributed by atoms with van der Waals surface area (Å²) in [5.41, 5.74) is 5.40. The van der Waals surface area contributed by atoms with Crippen LogP contribution < -0.4 is 11.3 Å². The van der Waals surface area contributed by atoms with Crippen molar-refractivity contribution in [3.8, 4) is 0 Å². The molecule has 0 bridgehead atoms. The van der Waals surface area contributed by atoms with Crippen LogP contribution in [0.25, 0.3) is 0 Å². The van der Waals surface area contributed by atoms with E-state index in [1.165, 1.54) is 10.6 Å². The van der Waals surface area contributed by atoms with E-state index in [4.69, 9.17) is 5.73 Å². The van der Waals surface area contributed by atoms with E-state index >= 15 is 0 Å². The minimum atomic E-state index is -0.0966. The number of pyridine rings is 1. The molecule has 2 N–H and O–H groups in total. The third kappa shape index (κ3) is 1.07. The molecule has 0 unspecified atom stereocenters. The van der Waals surface area contributed by atoms with Gasteiger partial charge in [0.05, 0.1) is 4.47 Å². The molecule has 1 rings (SSSR count). The molecular formula is C6H7BrN2O. The summed E-state index contributed by atoms with van der Waals surface area (Å²) in [5.74, 6) is 0.451. The topological polar surface area (TPSA) is 48.0 Å². The maximum atomic E-state index is 10.9. The highest BCUT2D eigenvalue weighted by atomic mass is 79.9. The van der Waals surface area contributed by atoms with E-state index in [9.17, 15) is 4.79 Å². The van der Waals surface area contributed by atoms with E-state index in [1.54, 1.807) is 13.1 Å². The van der Waals surface area contributed by atoms with Crippen LogP contribution in [0.3, 0.4) is 0 Å². The number of nitrogen functional groups attached to an aromatic ring is 1. The van der Waals surface area contributed by atoms with Crippen LogP contribution in [0, 0.1) is 0 Å². The minimum absolute atomic E-state index is 0.0966. The van der Waals surface area contributed by atoms with Gasteiger partial charge in [0.25, 0.3) is 5.56 Å². The van der Waals surface area contributed by atoms with Gasteiger partial charge in [-0.25, -0.2) is 0 Å². The van der Waals surface area contributed by atoms with Crippen molar-refractivity contribution in [3.63, 3.8) is 0 Å². The zero-order chi connectivity index (χ0) is 7.72. The molecule has 0 fully saturated rings. The van der Waals surface area contributed by atoms with E-state index in [0.717, 1.165) is 4.47 Å². The molecule has 54 valence electrons. The van der Waals surface area contributed by atoms with Gasteiger partial charge in [-0.15, -0.1) is 0 Å². The van der Waals surface area contributed by atoms with Gasteiger partial charge in [-0.3, -0.25) is 9.36 Å². The highest BCUT2D eigenvalue weighted by Gasteiger charge is 1.97. The van der Waals surface area contributed by atoms with Crippen LogP contribution in [0.4, 0.5) is 5.82 Å². The summed E-state index contributed by atoms with van der Waals surface area (Å²) in [6.45, 7) is 0. The predicted octanol–water partition coefficient (Wildman–Crippen LogP) is 0.730. The molecule has 0 spiro atoms. The average Bonchev–Trinajstić information content (AvgIpc) is 1.93. The molecule has 0 saturated carbocycles. The highest BCUT2D eigenvalue weighted by Crippen LogP contribution is 2.14. The quantitative estimate of drug-likeness (QED) is 0.675. The molecule has 0 saturated heterocycles. The Hall–Kier alpha value is -0.770. The maximum absolute atomic E-state index is 10.9. The number of hydrogen-bond acceptors (Lipinski definition) is 2. The van der Waals surface area contributed by atoms with Crippen LogP contribution in [0.2, 0.25) is 0 Å². The van der Waals surface area contributed by atoms with Gasteiger partial charge in [0.15, 0.2) is 0 Å². The Morgan fingerprint density at radius 3 is 2.70 bits per heavy atom. The second-order valence-corrected chi connectivity index (χ2v) is 2.82. The summed E-state index contributed by atoms with van der Waals surface area (Å²) in [5, 5.41) is 0. The summed E-state index contributed by atoms with van der Waals surface area (Å²) in [7, 11) is 1.63. The molecule has 0 atom stereocenters. The van der Waals surface area contributed by atoms with Crippen molar-refractivity contribution in [2.24, 2.45) is 7.05 Å². The summed E-state index contributed by atoms with van der Waals surface area (Å²) in [6.07, 6.45) is 0. The molecule has 0 aliphatic rings. The lowest BCUT2D eigenvalue weighted by Gasteiger charge is -2.02. The first-order valence-corrected chi connectivity index (χ1v) is 3.53. The number of halogens is 1. The summed E-state index contributed by atoms with van der Waals surface area (Å²) in [6, 6.07) is 3.10. The molecule has 1 aromatic rings. The van der Waals surface area contributed by atoms with Crippen LogP contribution in [-0.2, 0) is 7.05 Å². The Bertz CT molecular complexity index is 305. The zero-order valence-corrected chi connectivity index (χ0v) is 7.05. The van der Waals surface area contributed by atoms with E-state index < -0.39 is 0 Å². The van der Waals surface area contributed by atoms with Crippen molar-refractivity contribution in [2.75, 3.05) is 5.73 Å². The van der Waals surface area contributed by atoms with Gasteiger partial charge in [0, 0.05) is 13.1 Å². The van der Waals surface area contributed by atoms with E-state index in [1.807, 2.05) is 0 Å². The monoisotopic (exact) mass is 202 g/mol. The number of nitrogens with zero attached hydrogens (tertiary/aromatic N) is 1. The molecule has 10 heavy (non-hydrogen) atoms. The normalized spacial score (nSPS) is 9.80. The van der Waals surface area contributed by atoms with E-state index in [2.05, 4.69) is 15.9 Å². The van der Waals surface area contributed by atoms with Gasteiger partial charge in [0.1, 0.15) is 5.82 Å². The summed E-state index contributed by atoms with van der Waals surface area (Å²) >= 11 is 3.20. The number of nitrogens with two attached hydrogens (primary N) is 1. The second-order valence-electron chi connectivity index (χ2n) is 1.96. The molecule has 0 amide bonds. The number of anilines is 1. The fourth-order valence-electron chi connectivity index (χ4n) is 0.621. The summed E-state index contributed by atoms with van der Waals surface area (Å²) < 4.78 is 2.12. The molecule has 1 heterocycles. The van der Waals surface area contributed by atoms with Crippen molar-refractivity contribution in [1.29, 1.82) is 0 Å². The summed E-state index contributed by atoms with van der Waals surface area (Å²) in [4.78, 5) is 10.9. The first kappa shape index (κ1) is 7.34. The Labute approximate surface area is 66.6 Å². The fraction of sp³-hybridized carbons (Fsp3) is 0.167. The third-order valence-corrected chi connectivity index (χ3v) is 1.98. The predicted molar refractivity (Wildman–Crippen MR) is 43.8 cm³/mol. The van der Waals surface area contributed by atoms with Crippen molar-refractivity contribution >= 4 is 21.7 Å². The lowest BCUT2D eigenvalue weighted by atomic mass is 10.4. The van der Waals surface area contributed by atoms with E-state index in [0.29, 0.717) is 5.82 Å². The standard InChI is InChI=1S/C6H7BrN2O/c1-9-5(10)3-2-4(7)6(9)8/h2-3H,8H2,1H3. The smallest absolute Gasteiger partial charge is 0.251 e. The van der Waals surface area contributed by atoms with Crippen molar-refractivity contribution in [1.82, 2.24) is 4.57 Å². The first-order chi connectivity index (χ1) is 4.63. The Morgan fingerprint density at radius 1 is 1.60 bits per heavy atom.